The van der Waals surface area contributed by atoms with Crippen LogP contribution in [0.5, 0.6) is 0 Å². The van der Waals surface area contributed by atoms with Gasteiger partial charge in [0, 0.05) is 78.5 Å². The fraction of sp³-hybridized carbons (Fsp3) is 0.920. The Morgan fingerprint density at radius 1 is 0.500 bits per heavy atom. The van der Waals surface area contributed by atoms with Crippen LogP contribution in [0.1, 0.15) is 71.1 Å². The van der Waals surface area contributed by atoms with Crippen molar-refractivity contribution >= 4 is 0 Å². The molecule has 0 aliphatic rings. The van der Waals surface area contributed by atoms with Crippen molar-refractivity contribution in [3.8, 4) is 0 Å². The van der Waals surface area contributed by atoms with E-state index in [2.05, 4.69) is 51.1 Å². The van der Waals surface area contributed by atoms with Crippen LogP contribution in [0.25, 0.3) is 0 Å². The molecular weight excluding hydrogens is 398 g/mol. The summed E-state index contributed by atoms with van der Waals surface area (Å²) in [4.78, 5) is 0. The van der Waals surface area contributed by atoms with E-state index in [0.717, 1.165) is 72.0 Å². The minimum atomic E-state index is 0.706. The number of hydrogen-bond donors (Lipinski definition) is 7. The monoisotopic (exact) mass is 455 g/mol. The van der Waals surface area contributed by atoms with Crippen LogP contribution in [0.2, 0.25) is 0 Å². The molecule has 0 rings (SSSR count). The first-order valence-electron chi connectivity index (χ1n) is 13.5. The van der Waals surface area contributed by atoms with Gasteiger partial charge in [0.15, 0.2) is 0 Å². The van der Waals surface area contributed by atoms with Crippen LogP contribution in [0.15, 0.2) is 12.3 Å². The lowest BCUT2D eigenvalue weighted by Gasteiger charge is -2.09. The molecule has 0 fully saturated rings. The molecular formula is C25H57N7. The number of nitrogens with one attached hydrogen (secondary N) is 6. The molecule has 7 nitrogen and oxygen atoms in total. The summed E-state index contributed by atoms with van der Waals surface area (Å²) in [5.41, 5.74) is 5.43. The smallest absolute Gasteiger partial charge is 0.0266 e. The molecule has 0 radical (unpaired) electrons. The Kier molecular flexibility index (Phi) is 29.6. The molecule has 8 N–H and O–H groups in total. The Labute approximate surface area is 199 Å². The van der Waals surface area contributed by atoms with Gasteiger partial charge in [-0.15, -0.1) is 0 Å². The summed E-state index contributed by atoms with van der Waals surface area (Å²) in [6, 6.07) is 0. The maximum atomic E-state index is 5.43. The van der Waals surface area contributed by atoms with Crippen LogP contribution in [0.4, 0.5) is 0 Å². The number of hydrogen-bond acceptors (Lipinski definition) is 7. The SMILES string of the molecule is CCCCCCCCCCCC=CNCCNCCNCCNCCNCCNCCN. The second-order valence-corrected chi connectivity index (χ2v) is 8.51. The minimum Gasteiger partial charge on any atom is -0.390 e. The zero-order chi connectivity index (χ0) is 23.2. The molecule has 0 aromatic carbocycles. The predicted octanol–water partition coefficient (Wildman–Crippen LogP) is 1.92. The first-order chi connectivity index (χ1) is 15.9. The van der Waals surface area contributed by atoms with Gasteiger partial charge >= 0.3 is 0 Å². The maximum absolute atomic E-state index is 5.43. The lowest BCUT2D eigenvalue weighted by molar-refractivity contribution is 0.557. The van der Waals surface area contributed by atoms with E-state index in [1.54, 1.807) is 0 Å². The number of unbranched alkanes of at least 4 members (excludes halogenated alkanes) is 9. The minimum absolute atomic E-state index is 0.706. The van der Waals surface area contributed by atoms with Crippen molar-refractivity contribution in [1.82, 2.24) is 31.9 Å². The molecule has 0 heterocycles. The Hall–Kier alpha value is -0.700. The van der Waals surface area contributed by atoms with E-state index < -0.39 is 0 Å². The number of rotatable bonds is 28. The first-order valence-corrected chi connectivity index (χ1v) is 13.5. The van der Waals surface area contributed by atoms with Crippen LogP contribution in [-0.2, 0) is 0 Å². The molecule has 0 unspecified atom stereocenters. The van der Waals surface area contributed by atoms with Gasteiger partial charge in [-0.1, -0.05) is 64.4 Å². The van der Waals surface area contributed by atoms with Gasteiger partial charge in [0.25, 0.3) is 0 Å². The van der Waals surface area contributed by atoms with Gasteiger partial charge < -0.3 is 37.6 Å². The lowest BCUT2D eigenvalue weighted by Crippen LogP contribution is -2.37. The van der Waals surface area contributed by atoms with Crippen LogP contribution < -0.4 is 37.6 Å². The van der Waals surface area contributed by atoms with Crippen molar-refractivity contribution in [1.29, 1.82) is 0 Å². The lowest BCUT2D eigenvalue weighted by atomic mass is 10.1. The standard InChI is InChI=1S/C25H57N7/c1-2-3-4-5-6-7-8-9-10-11-12-14-27-16-18-29-20-22-31-24-25-32-23-21-30-19-17-28-15-13-26/h12,14,27-32H,2-11,13,15-26H2,1H3. The fourth-order valence-electron chi connectivity index (χ4n) is 3.42. The Bertz CT molecular complexity index is 353. The molecule has 0 saturated heterocycles. The zero-order valence-corrected chi connectivity index (χ0v) is 21.3. The van der Waals surface area contributed by atoms with E-state index in [1.807, 2.05) is 0 Å². The van der Waals surface area contributed by atoms with Crippen molar-refractivity contribution in [2.24, 2.45) is 5.73 Å². The number of allylic oxidation sites excluding steroid dienone is 1. The summed E-state index contributed by atoms with van der Waals surface area (Å²) < 4.78 is 0. The molecule has 0 atom stereocenters. The molecule has 0 aliphatic carbocycles. The van der Waals surface area contributed by atoms with Crippen molar-refractivity contribution < 1.29 is 0 Å². The normalized spacial score (nSPS) is 11.6. The zero-order valence-electron chi connectivity index (χ0n) is 21.3. The molecule has 0 aromatic heterocycles. The van der Waals surface area contributed by atoms with Crippen LogP contribution in [0.3, 0.4) is 0 Å². The van der Waals surface area contributed by atoms with Gasteiger partial charge in [-0.25, -0.2) is 0 Å². The van der Waals surface area contributed by atoms with Gasteiger partial charge in [0.2, 0.25) is 0 Å². The maximum Gasteiger partial charge on any atom is 0.0266 e. The second kappa shape index (κ2) is 30.3. The summed E-state index contributed by atoms with van der Waals surface area (Å²) in [6.07, 6.45) is 18.2. The summed E-state index contributed by atoms with van der Waals surface area (Å²) >= 11 is 0. The van der Waals surface area contributed by atoms with Crippen LogP contribution in [0, 0.1) is 0 Å². The van der Waals surface area contributed by atoms with E-state index in [4.69, 9.17) is 5.73 Å². The molecule has 0 aromatic rings. The quantitative estimate of drug-likeness (QED) is 0.0906. The average Bonchev–Trinajstić information content (AvgIpc) is 2.81. The largest absolute Gasteiger partial charge is 0.390 e. The summed E-state index contributed by atoms with van der Waals surface area (Å²) in [5, 5.41) is 20.4. The third-order valence-electron chi connectivity index (χ3n) is 5.39. The highest BCUT2D eigenvalue weighted by atomic mass is 15.0. The average molecular weight is 456 g/mol. The van der Waals surface area contributed by atoms with Gasteiger partial charge in [-0.2, -0.15) is 0 Å². The molecule has 7 heteroatoms. The molecule has 32 heavy (non-hydrogen) atoms. The summed E-state index contributed by atoms with van der Waals surface area (Å²) in [7, 11) is 0. The third-order valence-corrected chi connectivity index (χ3v) is 5.39. The highest BCUT2D eigenvalue weighted by Gasteiger charge is 1.92. The van der Waals surface area contributed by atoms with Crippen LogP contribution in [-0.4, -0.2) is 78.5 Å². The first kappa shape index (κ1) is 31.3. The fourth-order valence-corrected chi connectivity index (χ4v) is 3.42. The van der Waals surface area contributed by atoms with Gasteiger partial charge in [0.1, 0.15) is 0 Å². The molecule has 0 bridgehead atoms. The molecule has 0 amide bonds. The van der Waals surface area contributed by atoms with E-state index in [0.29, 0.717) is 6.54 Å². The van der Waals surface area contributed by atoms with Crippen molar-refractivity contribution in [2.75, 3.05) is 78.5 Å². The number of nitrogens with two attached hydrogens (primary N) is 1. The summed E-state index contributed by atoms with van der Waals surface area (Å²) in [5.74, 6) is 0. The Balaban J connectivity index is 3.05. The Morgan fingerprint density at radius 3 is 1.38 bits per heavy atom. The van der Waals surface area contributed by atoms with Gasteiger partial charge in [0.05, 0.1) is 0 Å². The van der Waals surface area contributed by atoms with Crippen LogP contribution >= 0.6 is 0 Å². The van der Waals surface area contributed by atoms with E-state index in [9.17, 15) is 0 Å². The third kappa shape index (κ3) is 29.3. The Morgan fingerprint density at radius 2 is 0.906 bits per heavy atom. The van der Waals surface area contributed by atoms with Crippen molar-refractivity contribution in [3.63, 3.8) is 0 Å². The van der Waals surface area contributed by atoms with Gasteiger partial charge in [-0.05, 0) is 19.0 Å². The predicted molar refractivity (Wildman–Crippen MR) is 142 cm³/mol. The van der Waals surface area contributed by atoms with E-state index in [-0.39, 0.29) is 0 Å². The topological polar surface area (TPSA) is 98.2 Å². The molecule has 0 spiro atoms. The van der Waals surface area contributed by atoms with Crippen molar-refractivity contribution in [2.45, 2.75) is 71.1 Å². The van der Waals surface area contributed by atoms with E-state index in [1.165, 1.54) is 64.2 Å². The van der Waals surface area contributed by atoms with Gasteiger partial charge in [-0.3, -0.25) is 0 Å². The molecule has 0 saturated carbocycles. The van der Waals surface area contributed by atoms with E-state index >= 15 is 0 Å². The highest BCUT2D eigenvalue weighted by molar-refractivity contribution is 4.79. The van der Waals surface area contributed by atoms with Crippen molar-refractivity contribution in [3.05, 3.63) is 12.3 Å². The molecule has 192 valence electrons. The second-order valence-electron chi connectivity index (χ2n) is 8.51. The summed E-state index contributed by atoms with van der Waals surface area (Å²) in [6.45, 7) is 13.9. The highest BCUT2D eigenvalue weighted by Crippen LogP contribution is 2.10. The molecule has 0 aliphatic heterocycles.